The van der Waals surface area contributed by atoms with Gasteiger partial charge in [0.05, 0.1) is 21.3 Å². The number of nitrogens with zero attached hydrogens (tertiary/aromatic N) is 1. The highest BCUT2D eigenvalue weighted by Gasteiger charge is 2.22. The van der Waals surface area contributed by atoms with Gasteiger partial charge < -0.3 is 19.1 Å². The molecule has 0 aliphatic carbocycles. The summed E-state index contributed by atoms with van der Waals surface area (Å²) in [5.41, 5.74) is 2.18. The fourth-order valence-electron chi connectivity index (χ4n) is 3.63. The Morgan fingerprint density at radius 2 is 1.57 bits per heavy atom. The number of amides is 1. The standard InChI is InChI=1S/C23H27NO4/c1-26-20-15-17(16-21(27-2)23(20)28-3)9-10-22(25)24-13-11-19(12-14-24)18-7-5-4-6-8-18/h4-10,15-16,19H,11-14H2,1-3H3/b10-9+. The van der Waals surface area contributed by atoms with Crippen LogP contribution in [0.2, 0.25) is 0 Å². The molecule has 0 unspecified atom stereocenters. The summed E-state index contributed by atoms with van der Waals surface area (Å²) in [6.07, 6.45) is 5.39. The molecule has 5 heteroatoms. The third-order valence-electron chi connectivity index (χ3n) is 5.18. The number of hydrogen-bond donors (Lipinski definition) is 0. The average molecular weight is 381 g/mol. The third-order valence-corrected chi connectivity index (χ3v) is 5.18. The van der Waals surface area contributed by atoms with E-state index >= 15 is 0 Å². The molecule has 0 saturated carbocycles. The van der Waals surface area contributed by atoms with Crippen molar-refractivity contribution < 1.29 is 19.0 Å². The van der Waals surface area contributed by atoms with E-state index in [9.17, 15) is 4.79 Å². The van der Waals surface area contributed by atoms with Crippen LogP contribution in [0.3, 0.4) is 0 Å². The van der Waals surface area contributed by atoms with Crippen LogP contribution in [0.1, 0.15) is 29.9 Å². The van der Waals surface area contributed by atoms with Crippen LogP contribution in [-0.4, -0.2) is 45.2 Å². The average Bonchev–Trinajstić information content (AvgIpc) is 2.77. The molecule has 1 heterocycles. The summed E-state index contributed by atoms with van der Waals surface area (Å²) in [5.74, 6) is 2.23. The van der Waals surface area contributed by atoms with Gasteiger partial charge in [0, 0.05) is 19.2 Å². The number of rotatable bonds is 6. The first-order valence-corrected chi connectivity index (χ1v) is 9.48. The Kier molecular flexibility index (Phi) is 6.58. The Morgan fingerprint density at radius 3 is 2.11 bits per heavy atom. The highest BCUT2D eigenvalue weighted by Crippen LogP contribution is 2.38. The second kappa shape index (κ2) is 9.31. The molecule has 2 aromatic carbocycles. The number of hydrogen-bond acceptors (Lipinski definition) is 4. The highest BCUT2D eigenvalue weighted by molar-refractivity contribution is 5.92. The van der Waals surface area contributed by atoms with Gasteiger partial charge in [0.15, 0.2) is 11.5 Å². The molecule has 1 saturated heterocycles. The van der Waals surface area contributed by atoms with Gasteiger partial charge in [0.25, 0.3) is 0 Å². The van der Waals surface area contributed by atoms with E-state index in [2.05, 4.69) is 24.3 Å². The predicted octanol–water partition coefficient (Wildman–Crippen LogP) is 4.13. The molecule has 0 spiro atoms. The van der Waals surface area contributed by atoms with Crippen LogP contribution < -0.4 is 14.2 Å². The predicted molar refractivity (Wildman–Crippen MR) is 110 cm³/mol. The van der Waals surface area contributed by atoms with Crippen molar-refractivity contribution in [3.63, 3.8) is 0 Å². The second-order valence-electron chi connectivity index (χ2n) is 6.80. The van der Waals surface area contributed by atoms with Crippen LogP contribution in [0.4, 0.5) is 0 Å². The molecule has 1 amide bonds. The van der Waals surface area contributed by atoms with Gasteiger partial charge in [0.2, 0.25) is 11.7 Å². The Bertz CT molecular complexity index is 799. The topological polar surface area (TPSA) is 48.0 Å². The van der Waals surface area contributed by atoms with E-state index < -0.39 is 0 Å². The maximum Gasteiger partial charge on any atom is 0.246 e. The summed E-state index contributed by atoms with van der Waals surface area (Å²) < 4.78 is 16.1. The minimum Gasteiger partial charge on any atom is -0.493 e. The van der Waals surface area contributed by atoms with Gasteiger partial charge >= 0.3 is 0 Å². The zero-order chi connectivity index (χ0) is 19.9. The molecule has 1 aliphatic heterocycles. The van der Waals surface area contributed by atoms with Crippen LogP contribution in [0.25, 0.3) is 6.08 Å². The van der Waals surface area contributed by atoms with Crippen molar-refractivity contribution in [1.82, 2.24) is 4.90 Å². The van der Waals surface area contributed by atoms with E-state index in [0.717, 1.165) is 31.5 Å². The van der Waals surface area contributed by atoms with Crippen molar-refractivity contribution in [3.05, 3.63) is 59.7 Å². The Balaban J connectivity index is 1.64. The van der Waals surface area contributed by atoms with Crippen molar-refractivity contribution in [2.24, 2.45) is 0 Å². The van der Waals surface area contributed by atoms with Gasteiger partial charge in [-0.2, -0.15) is 0 Å². The quantitative estimate of drug-likeness (QED) is 0.706. The zero-order valence-corrected chi connectivity index (χ0v) is 16.7. The molecule has 2 aromatic rings. The van der Waals surface area contributed by atoms with Gasteiger partial charge in [-0.3, -0.25) is 4.79 Å². The molecule has 1 fully saturated rings. The Morgan fingerprint density at radius 1 is 0.964 bits per heavy atom. The van der Waals surface area contributed by atoms with Gasteiger partial charge in [-0.25, -0.2) is 0 Å². The van der Waals surface area contributed by atoms with Crippen LogP contribution in [0, 0.1) is 0 Å². The zero-order valence-electron chi connectivity index (χ0n) is 16.7. The number of carbonyl (C=O) groups is 1. The third kappa shape index (κ3) is 4.47. The van der Waals surface area contributed by atoms with E-state index in [1.165, 1.54) is 5.56 Å². The second-order valence-corrected chi connectivity index (χ2v) is 6.80. The molecule has 0 radical (unpaired) electrons. The summed E-state index contributed by atoms with van der Waals surface area (Å²) in [6, 6.07) is 14.2. The molecule has 0 aromatic heterocycles. The number of likely N-dealkylation sites (tertiary alicyclic amines) is 1. The first-order valence-electron chi connectivity index (χ1n) is 9.48. The molecule has 28 heavy (non-hydrogen) atoms. The minimum atomic E-state index is 0.0280. The summed E-state index contributed by atoms with van der Waals surface area (Å²) in [5, 5.41) is 0. The lowest BCUT2D eigenvalue weighted by Gasteiger charge is -2.31. The SMILES string of the molecule is COc1cc(/C=C/C(=O)N2CCC(c3ccccc3)CC2)cc(OC)c1OC. The van der Waals surface area contributed by atoms with Crippen LogP contribution in [-0.2, 0) is 4.79 Å². The van der Waals surface area contributed by atoms with Gasteiger partial charge in [0.1, 0.15) is 0 Å². The van der Waals surface area contributed by atoms with Gasteiger partial charge in [-0.1, -0.05) is 30.3 Å². The fraction of sp³-hybridized carbons (Fsp3) is 0.348. The number of carbonyl (C=O) groups excluding carboxylic acids is 1. The number of methoxy groups -OCH3 is 3. The summed E-state index contributed by atoms with van der Waals surface area (Å²) >= 11 is 0. The van der Waals surface area contributed by atoms with Crippen LogP contribution in [0.5, 0.6) is 17.2 Å². The molecular formula is C23H27NO4. The first-order chi connectivity index (χ1) is 13.7. The van der Waals surface area contributed by atoms with E-state index in [0.29, 0.717) is 23.2 Å². The Hall–Kier alpha value is -2.95. The summed E-state index contributed by atoms with van der Waals surface area (Å²) in [4.78, 5) is 14.5. The number of piperidine rings is 1. The van der Waals surface area contributed by atoms with Crippen molar-refractivity contribution in [2.45, 2.75) is 18.8 Å². The van der Waals surface area contributed by atoms with Crippen LogP contribution in [0.15, 0.2) is 48.5 Å². The number of ether oxygens (including phenoxy) is 3. The lowest BCUT2D eigenvalue weighted by Crippen LogP contribution is -2.36. The molecule has 5 nitrogen and oxygen atoms in total. The van der Waals surface area contributed by atoms with E-state index in [1.807, 2.05) is 23.1 Å². The van der Waals surface area contributed by atoms with Crippen molar-refractivity contribution >= 4 is 12.0 Å². The molecule has 3 rings (SSSR count). The molecular weight excluding hydrogens is 354 g/mol. The molecule has 0 atom stereocenters. The molecule has 0 bridgehead atoms. The largest absolute Gasteiger partial charge is 0.493 e. The molecule has 1 aliphatic rings. The number of benzene rings is 2. The van der Waals surface area contributed by atoms with E-state index in [1.54, 1.807) is 33.5 Å². The van der Waals surface area contributed by atoms with Crippen molar-refractivity contribution in [2.75, 3.05) is 34.4 Å². The van der Waals surface area contributed by atoms with Crippen molar-refractivity contribution in [3.8, 4) is 17.2 Å². The van der Waals surface area contributed by atoms with Gasteiger partial charge in [-0.15, -0.1) is 0 Å². The maximum atomic E-state index is 12.6. The lowest BCUT2D eigenvalue weighted by molar-refractivity contribution is -0.126. The van der Waals surface area contributed by atoms with Gasteiger partial charge in [-0.05, 0) is 48.1 Å². The first kappa shape index (κ1) is 19.8. The molecule has 0 N–H and O–H groups in total. The Labute approximate surface area is 166 Å². The normalized spacial score (nSPS) is 14.9. The van der Waals surface area contributed by atoms with E-state index in [4.69, 9.17) is 14.2 Å². The lowest BCUT2D eigenvalue weighted by atomic mass is 9.89. The minimum absolute atomic E-state index is 0.0280. The van der Waals surface area contributed by atoms with Crippen molar-refractivity contribution in [1.29, 1.82) is 0 Å². The maximum absolute atomic E-state index is 12.6. The fourth-order valence-corrected chi connectivity index (χ4v) is 3.63. The monoisotopic (exact) mass is 381 g/mol. The summed E-state index contributed by atoms with van der Waals surface area (Å²) in [6.45, 7) is 1.55. The highest BCUT2D eigenvalue weighted by atomic mass is 16.5. The summed E-state index contributed by atoms with van der Waals surface area (Å²) in [7, 11) is 4.72. The smallest absolute Gasteiger partial charge is 0.246 e. The molecule has 148 valence electrons. The van der Waals surface area contributed by atoms with Crippen LogP contribution >= 0.6 is 0 Å². The van der Waals surface area contributed by atoms with E-state index in [-0.39, 0.29) is 5.91 Å².